The van der Waals surface area contributed by atoms with Crippen LogP contribution in [-0.2, 0) is 13.0 Å². The molecule has 0 aliphatic heterocycles. The minimum Gasteiger partial charge on any atom is -0.489 e. The van der Waals surface area contributed by atoms with Crippen LogP contribution in [0.25, 0.3) is 65.7 Å². The van der Waals surface area contributed by atoms with E-state index in [1.807, 2.05) is 23.5 Å². The fourth-order valence-electron chi connectivity index (χ4n) is 9.93. The lowest BCUT2D eigenvalue weighted by Crippen LogP contribution is -2.10. The van der Waals surface area contributed by atoms with Gasteiger partial charge in [0.2, 0.25) is 0 Å². The number of anilines is 6. The summed E-state index contributed by atoms with van der Waals surface area (Å²) in [6.07, 6.45) is 4.68. The molecule has 3 nitrogen and oxygen atoms in total. The number of hydrogen-bond acceptors (Lipinski definition) is 4. The lowest BCUT2D eigenvalue weighted by Gasteiger charge is -2.27. The van der Waals surface area contributed by atoms with Crippen molar-refractivity contribution in [1.82, 2.24) is 0 Å². The molecule has 11 aromatic rings. The maximum atomic E-state index is 6.15. The van der Waals surface area contributed by atoms with Gasteiger partial charge in [0.05, 0.1) is 5.69 Å². The summed E-state index contributed by atoms with van der Waals surface area (Å²) in [6, 6.07) is 83.3. The highest BCUT2D eigenvalue weighted by Gasteiger charge is 2.23. The van der Waals surface area contributed by atoms with Gasteiger partial charge in [-0.25, -0.2) is 0 Å². The van der Waals surface area contributed by atoms with E-state index in [4.69, 9.17) is 4.74 Å². The van der Waals surface area contributed by atoms with Gasteiger partial charge in [0.25, 0.3) is 0 Å². The van der Waals surface area contributed by atoms with E-state index in [1.165, 1.54) is 48.0 Å². The zero-order valence-corrected chi connectivity index (χ0v) is 39.4. The van der Waals surface area contributed by atoms with E-state index in [-0.39, 0.29) is 0 Å². The van der Waals surface area contributed by atoms with Crippen molar-refractivity contribution in [3.05, 3.63) is 271 Å². The Kier molecular flexibility index (Phi) is 11.2. The molecule has 1 heterocycles. The van der Waals surface area contributed by atoms with E-state index in [0.717, 1.165) is 79.7 Å². The summed E-state index contributed by atoms with van der Waals surface area (Å²) in [5.41, 5.74) is 19.9. The number of nitrogens with zero attached hydrogens (tertiary/aromatic N) is 2. The van der Waals surface area contributed by atoms with Gasteiger partial charge in [0.15, 0.2) is 0 Å². The lowest BCUT2D eigenvalue weighted by molar-refractivity contribution is 0.306. The van der Waals surface area contributed by atoms with Gasteiger partial charge in [0.1, 0.15) is 12.4 Å². The van der Waals surface area contributed by atoms with Gasteiger partial charge in [0, 0.05) is 48.6 Å². The molecule has 0 radical (unpaired) electrons. The van der Waals surface area contributed by atoms with E-state index in [1.54, 1.807) is 0 Å². The predicted molar refractivity (Wildman–Crippen MR) is 299 cm³/mol. The Morgan fingerprint density at radius 3 is 1.66 bits per heavy atom. The average Bonchev–Trinajstić information content (AvgIpc) is 3.99. The summed E-state index contributed by atoms with van der Waals surface area (Å²) in [6.45, 7) is 8.41. The molecule has 0 saturated heterocycles. The molecule has 0 bridgehead atoms. The SMILES string of the molecule is C=Cc1ccc(COc2ccc(-c3ccc(N(c4ccc(-c5cc(N(c6ccccc6)c6ccccc6)c6c(c5)sc5ccccc56)cc4)c4ccc5c(c4)Cc4ccc(C=C)cc4-5)cc3)cc2)cc1. The van der Waals surface area contributed by atoms with Crippen LogP contribution in [0.4, 0.5) is 34.1 Å². The van der Waals surface area contributed by atoms with Crippen LogP contribution in [0.15, 0.2) is 244 Å². The fraction of sp³-hybridized carbons (Fsp3) is 0.0303. The Balaban J connectivity index is 0.910. The third-order valence-corrected chi connectivity index (χ3v) is 14.6. The van der Waals surface area contributed by atoms with Gasteiger partial charge >= 0.3 is 0 Å². The Hall–Kier alpha value is -8.70. The van der Waals surface area contributed by atoms with Crippen LogP contribution in [0.2, 0.25) is 0 Å². The molecule has 0 unspecified atom stereocenters. The first kappa shape index (κ1) is 42.6. The van der Waals surface area contributed by atoms with Crippen molar-refractivity contribution in [2.24, 2.45) is 0 Å². The minimum atomic E-state index is 0.510. The molecule has 4 heteroatoms. The second-order valence-electron chi connectivity index (χ2n) is 17.8. The molecule has 0 amide bonds. The van der Waals surface area contributed by atoms with Crippen molar-refractivity contribution in [1.29, 1.82) is 0 Å². The zero-order valence-electron chi connectivity index (χ0n) is 38.6. The summed E-state index contributed by atoms with van der Waals surface area (Å²) in [5, 5.41) is 2.53. The molecule has 334 valence electrons. The Morgan fingerprint density at radius 2 is 1.00 bits per heavy atom. The summed E-state index contributed by atoms with van der Waals surface area (Å²) in [7, 11) is 0. The first-order valence-corrected chi connectivity index (χ1v) is 24.6. The predicted octanol–water partition coefficient (Wildman–Crippen LogP) is 18.8. The van der Waals surface area contributed by atoms with Crippen molar-refractivity contribution >= 4 is 77.8 Å². The second kappa shape index (κ2) is 18.4. The van der Waals surface area contributed by atoms with Gasteiger partial charge in [-0.1, -0.05) is 159 Å². The first-order valence-electron chi connectivity index (χ1n) is 23.8. The number of benzene rings is 10. The minimum absolute atomic E-state index is 0.510. The molecular weight excluding hydrogens is 869 g/mol. The quantitative estimate of drug-likeness (QED) is 0.115. The molecule has 1 aromatic heterocycles. The first-order chi connectivity index (χ1) is 34.6. The van der Waals surface area contributed by atoms with Crippen LogP contribution in [0.1, 0.15) is 27.8 Å². The van der Waals surface area contributed by atoms with Crippen LogP contribution in [0.5, 0.6) is 5.75 Å². The van der Waals surface area contributed by atoms with E-state index < -0.39 is 0 Å². The average molecular weight is 917 g/mol. The third-order valence-electron chi connectivity index (χ3n) is 13.5. The summed E-state index contributed by atoms with van der Waals surface area (Å²) < 4.78 is 8.69. The number of fused-ring (bicyclic) bond motifs is 6. The molecule has 0 atom stereocenters. The molecule has 70 heavy (non-hydrogen) atoms. The number of ether oxygens (including phenoxy) is 1. The van der Waals surface area contributed by atoms with E-state index >= 15 is 0 Å². The van der Waals surface area contributed by atoms with E-state index in [2.05, 4.69) is 253 Å². The van der Waals surface area contributed by atoms with Gasteiger partial charge in [-0.2, -0.15) is 0 Å². The molecule has 1 aliphatic rings. The zero-order chi connectivity index (χ0) is 47.0. The number of rotatable bonds is 13. The molecule has 1 aliphatic carbocycles. The maximum Gasteiger partial charge on any atom is 0.119 e. The van der Waals surface area contributed by atoms with Crippen molar-refractivity contribution in [2.45, 2.75) is 13.0 Å². The van der Waals surface area contributed by atoms with Crippen LogP contribution < -0.4 is 14.5 Å². The van der Waals surface area contributed by atoms with Crippen molar-refractivity contribution < 1.29 is 4.74 Å². The molecule has 0 N–H and O–H groups in total. The molecular formula is C66H48N2OS. The molecule has 0 spiro atoms. The molecule has 12 rings (SSSR count). The number of thiophene rings is 1. The smallest absolute Gasteiger partial charge is 0.119 e. The van der Waals surface area contributed by atoms with Gasteiger partial charge < -0.3 is 14.5 Å². The van der Waals surface area contributed by atoms with E-state index in [0.29, 0.717) is 6.61 Å². The Bertz CT molecular complexity index is 3650. The van der Waals surface area contributed by atoms with Crippen LogP contribution in [0.3, 0.4) is 0 Å². The van der Waals surface area contributed by atoms with Crippen molar-refractivity contribution in [2.75, 3.05) is 9.80 Å². The van der Waals surface area contributed by atoms with Crippen molar-refractivity contribution in [3.8, 4) is 39.1 Å². The molecule has 0 fully saturated rings. The maximum absolute atomic E-state index is 6.15. The van der Waals surface area contributed by atoms with Crippen LogP contribution in [-0.4, -0.2) is 0 Å². The summed E-state index contributed by atoms with van der Waals surface area (Å²) >= 11 is 1.86. The highest BCUT2D eigenvalue weighted by Crippen LogP contribution is 2.48. The largest absolute Gasteiger partial charge is 0.489 e. The topological polar surface area (TPSA) is 15.7 Å². The fourth-order valence-corrected chi connectivity index (χ4v) is 11.1. The van der Waals surface area contributed by atoms with Crippen LogP contribution >= 0.6 is 11.3 Å². The number of para-hydroxylation sites is 2. The summed E-state index contributed by atoms with van der Waals surface area (Å²) in [5.74, 6) is 0.840. The van der Waals surface area contributed by atoms with Gasteiger partial charge in [-0.3, -0.25) is 0 Å². The normalized spacial score (nSPS) is 11.5. The Morgan fingerprint density at radius 1 is 0.429 bits per heavy atom. The van der Waals surface area contributed by atoms with Gasteiger partial charge in [-0.15, -0.1) is 11.3 Å². The number of hydrogen-bond donors (Lipinski definition) is 0. The van der Waals surface area contributed by atoms with Crippen molar-refractivity contribution in [3.63, 3.8) is 0 Å². The summed E-state index contributed by atoms with van der Waals surface area (Å²) in [4.78, 5) is 4.79. The monoisotopic (exact) mass is 916 g/mol. The lowest BCUT2D eigenvalue weighted by atomic mass is 9.99. The molecule has 10 aromatic carbocycles. The highest BCUT2D eigenvalue weighted by atomic mass is 32.1. The molecule has 0 saturated carbocycles. The Labute approximate surface area is 413 Å². The van der Waals surface area contributed by atoms with E-state index in [9.17, 15) is 0 Å². The third kappa shape index (κ3) is 8.15. The van der Waals surface area contributed by atoms with Crippen LogP contribution in [0, 0.1) is 0 Å². The highest BCUT2D eigenvalue weighted by molar-refractivity contribution is 7.26. The standard InChI is InChI=1S/C66H48N2OS/c1-3-45-19-21-47(22-20-45)44-69-59-36-29-49(30-37-59)48-25-31-56(32-26-48)67(58-35-38-60-53(41-58)40-51-24-23-46(4-2)39-62(51)60)57-33-27-50(28-34-57)52-42-63(66-61-17-11-12-18-64(61)70-65(66)43-52)68(54-13-7-5-8-14-54)55-15-9-6-10-16-55/h3-39,41-43H,1-2,40,44H2. The van der Waals surface area contributed by atoms with Gasteiger partial charge in [-0.05, 0) is 165 Å². The second-order valence-corrected chi connectivity index (χ2v) is 18.9.